The molecule has 9 heteroatoms. The summed E-state index contributed by atoms with van der Waals surface area (Å²) in [5, 5.41) is 6.32. The Balaban J connectivity index is 1.23. The van der Waals surface area contributed by atoms with Crippen LogP contribution in [0.3, 0.4) is 0 Å². The van der Waals surface area contributed by atoms with Gasteiger partial charge in [0.25, 0.3) is 17.7 Å². The second kappa shape index (κ2) is 12.5. The van der Waals surface area contributed by atoms with Crippen LogP contribution in [0.2, 0.25) is 0 Å². The van der Waals surface area contributed by atoms with Crippen LogP contribution < -0.4 is 9.75 Å². The van der Waals surface area contributed by atoms with Crippen LogP contribution >= 0.6 is 0 Å². The molecule has 0 saturated heterocycles. The van der Waals surface area contributed by atoms with Crippen LogP contribution in [0, 0.1) is 5.92 Å². The Hall–Kier alpha value is -5.44. The molecule has 7 nitrogen and oxygen atoms in total. The second-order valence-corrected chi connectivity index (χ2v) is 11.2. The zero-order valence-corrected chi connectivity index (χ0v) is 25.3. The van der Waals surface area contributed by atoms with E-state index in [4.69, 9.17) is 4.74 Å². The molecule has 0 N–H and O–H groups in total. The molecule has 1 amide bonds. The van der Waals surface area contributed by atoms with E-state index < -0.39 is 23.5 Å². The molecule has 0 spiro atoms. The molecule has 5 aromatic rings. The minimum Gasteiger partial charge on any atom is -0.488 e. The minimum atomic E-state index is -3.01. The summed E-state index contributed by atoms with van der Waals surface area (Å²) < 4.78 is 36.0. The molecule has 0 saturated carbocycles. The minimum absolute atomic E-state index is 0.165. The summed E-state index contributed by atoms with van der Waals surface area (Å²) >= 11 is 0. The Kier molecular flexibility index (Phi) is 8.32. The largest absolute Gasteiger partial charge is 0.488 e. The molecule has 1 atom stereocenters. The number of para-hydroxylation sites is 1. The van der Waals surface area contributed by atoms with Gasteiger partial charge in [-0.2, -0.15) is 10.1 Å². The van der Waals surface area contributed by atoms with Gasteiger partial charge in [-0.25, -0.2) is 8.78 Å². The predicted octanol–water partition coefficient (Wildman–Crippen LogP) is 7.56. The quantitative estimate of drug-likeness (QED) is 0.151. The van der Waals surface area contributed by atoms with Gasteiger partial charge in [0.15, 0.2) is 5.78 Å². The molecule has 232 valence electrons. The van der Waals surface area contributed by atoms with Gasteiger partial charge in [0, 0.05) is 30.0 Å². The van der Waals surface area contributed by atoms with Crippen molar-refractivity contribution < 1.29 is 27.9 Å². The van der Waals surface area contributed by atoms with E-state index >= 15 is 0 Å². The molecule has 0 aliphatic carbocycles. The van der Waals surface area contributed by atoms with Gasteiger partial charge in [-0.3, -0.25) is 19.0 Å². The topological polar surface area (TPSA) is 81.0 Å². The van der Waals surface area contributed by atoms with E-state index in [-0.39, 0.29) is 24.3 Å². The Bertz CT molecular complexity index is 1980. The number of rotatable bonds is 10. The number of alkyl halides is 2. The number of carbonyl (C=O) groups excluding carboxylic acids is 3. The van der Waals surface area contributed by atoms with Crippen LogP contribution in [0.5, 0.6) is 5.75 Å². The number of hydrogen-bond acceptors (Lipinski definition) is 5. The molecule has 6 rings (SSSR count). The Morgan fingerprint density at radius 2 is 1.63 bits per heavy atom. The van der Waals surface area contributed by atoms with Crippen molar-refractivity contribution in [3.63, 3.8) is 0 Å². The van der Waals surface area contributed by atoms with E-state index in [9.17, 15) is 23.2 Å². The first-order chi connectivity index (χ1) is 22.2. The molecule has 0 radical (unpaired) electrons. The fraction of sp³-hybridized carbons (Fsp3) is 0.189. The number of fused-ring (bicyclic) bond motifs is 1. The summed E-state index contributed by atoms with van der Waals surface area (Å²) in [6.45, 7) is 3.29. The third kappa shape index (κ3) is 5.96. The van der Waals surface area contributed by atoms with Crippen LogP contribution in [-0.4, -0.2) is 27.9 Å². The number of anilines is 1. The second-order valence-electron chi connectivity index (χ2n) is 11.2. The number of halogens is 2. The molecule has 2 heterocycles. The van der Waals surface area contributed by atoms with E-state index in [0.29, 0.717) is 40.4 Å². The van der Waals surface area contributed by atoms with E-state index in [1.807, 2.05) is 30.3 Å². The Morgan fingerprint density at radius 3 is 2.41 bits per heavy atom. The van der Waals surface area contributed by atoms with Gasteiger partial charge in [-0.05, 0) is 54.4 Å². The molecular weight excluding hydrogens is 588 g/mol. The highest BCUT2D eigenvalue weighted by Crippen LogP contribution is 2.33. The highest BCUT2D eigenvalue weighted by molar-refractivity contribution is 6.27. The number of nitrogens with zero attached hydrogens (tertiary/aromatic N) is 3. The highest BCUT2D eigenvalue weighted by Gasteiger charge is 2.39. The number of ether oxygens (including phenoxy) is 1. The zero-order chi connectivity index (χ0) is 32.4. The van der Waals surface area contributed by atoms with Crippen LogP contribution in [0.1, 0.15) is 47.3 Å². The molecule has 1 aromatic heterocycles. The molecule has 1 aliphatic heterocycles. The van der Waals surface area contributed by atoms with E-state index in [2.05, 4.69) is 5.10 Å². The molecular formula is C37H31F2N3O4. The number of Topliss-reactive ketones (excluding diaryl/α,β-unsaturated/α-hetero) is 1. The standard InChI is InChI=1S/C37H31F2N3O4/c1-3-37(38,39)28-13-9-12-26(20-28)21-32(43)34-24(2)40-42(36(34)45)29-17-16-27-18-19-41(31(27)22-29)35(44)30-14-7-8-15-33(30)46-23-25-10-5-4-6-11-25/h4-20,22,34H,3,21,23H2,1-2H3. The zero-order valence-electron chi connectivity index (χ0n) is 25.3. The lowest BCUT2D eigenvalue weighted by molar-refractivity contribution is -0.128. The summed E-state index contributed by atoms with van der Waals surface area (Å²) in [7, 11) is 0. The van der Waals surface area contributed by atoms with Gasteiger partial charge >= 0.3 is 0 Å². The van der Waals surface area contributed by atoms with Crippen LogP contribution in [0.15, 0.2) is 114 Å². The third-order valence-corrected chi connectivity index (χ3v) is 8.12. The van der Waals surface area contributed by atoms with Gasteiger partial charge in [0.2, 0.25) is 0 Å². The summed E-state index contributed by atoms with van der Waals surface area (Å²) in [5.41, 5.74) is 2.82. The smallest absolute Gasteiger partial charge is 0.273 e. The van der Waals surface area contributed by atoms with E-state index in [0.717, 1.165) is 16.0 Å². The maximum absolute atomic E-state index is 14.3. The summed E-state index contributed by atoms with van der Waals surface area (Å²) in [4.78, 5) is 40.7. The molecule has 46 heavy (non-hydrogen) atoms. The van der Waals surface area contributed by atoms with Gasteiger partial charge in [0.05, 0.1) is 22.5 Å². The van der Waals surface area contributed by atoms with Crippen LogP contribution in [-0.2, 0) is 28.5 Å². The Morgan fingerprint density at radius 1 is 0.891 bits per heavy atom. The van der Waals surface area contributed by atoms with Crippen molar-refractivity contribution in [3.8, 4) is 5.75 Å². The first-order valence-electron chi connectivity index (χ1n) is 15.0. The van der Waals surface area contributed by atoms with Crippen LogP contribution in [0.4, 0.5) is 14.5 Å². The lowest BCUT2D eigenvalue weighted by Gasteiger charge is -2.16. The van der Waals surface area contributed by atoms with Crippen molar-refractivity contribution in [2.24, 2.45) is 11.0 Å². The summed E-state index contributed by atoms with van der Waals surface area (Å²) in [6.07, 6.45) is 1.11. The normalized spacial score (nSPS) is 14.9. The number of hydrazone groups is 1. The SMILES string of the molecule is CCC(F)(F)c1cccc(CC(=O)C2C(=O)N(c3ccc4ccn(C(=O)c5ccccc5OCc5ccccc5)c4c3)N=C2C)c1. The highest BCUT2D eigenvalue weighted by atomic mass is 19.3. The monoisotopic (exact) mass is 619 g/mol. The molecule has 1 unspecified atom stereocenters. The molecule has 4 aromatic carbocycles. The third-order valence-electron chi connectivity index (χ3n) is 8.12. The van der Waals surface area contributed by atoms with Gasteiger partial charge in [-0.1, -0.05) is 73.7 Å². The number of benzene rings is 4. The number of amides is 1. The van der Waals surface area contributed by atoms with E-state index in [1.54, 1.807) is 67.7 Å². The maximum Gasteiger partial charge on any atom is 0.273 e. The van der Waals surface area contributed by atoms with Crippen molar-refractivity contribution in [1.29, 1.82) is 0 Å². The fourth-order valence-corrected chi connectivity index (χ4v) is 5.60. The first-order valence-corrected chi connectivity index (χ1v) is 15.0. The molecule has 0 bridgehead atoms. The van der Waals surface area contributed by atoms with Gasteiger partial charge in [0.1, 0.15) is 18.3 Å². The summed E-state index contributed by atoms with van der Waals surface area (Å²) in [5.74, 6) is -5.00. The van der Waals surface area contributed by atoms with Crippen molar-refractivity contribution >= 4 is 39.9 Å². The van der Waals surface area contributed by atoms with Crippen molar-refractivity contribution in [2.75, 3.05) is 5.01 Å². The van der Waals surface area contributed by atoms with Crippen molar-refractivity contribution in [3.05, 3.63) is 132 Å². The maximum atomic E-state index is 14.3. The van der Waals surface area contributed by atoms with Gasteiger partial charge in [-0.15, -0.1) is 0 Å². The number of hydrogen-bond donors (Lipinski definition) is 0. The fourth-order valence-electron chi connectivity index (χ4n) is 5.60. The number of ketones is 1. The van der Waals surface area contributed by atoms with E-state index in [1.165, 1.54) is 29.7 Å². The van der Waals surface area contributed by atoms with Crippen LogP contribution in [0.25, 0.3) is 10.9 Å². The number of carbonyl (C=O) groups is 3. The van der Waals surface area contributed by atoms with Crippen molar-refractivity contribution in [2.45, 2.75) is 39.2 Å². The predicted molar refractivity (Wildman–Crippen MR) is 172 cm³/mol. The first kappa shape index (κ1) is 30.6. The lowest BCUT2D eigenvalue weighted by Crippen LogP contribution is -2.33. The average molecular weight is 620 g/mol. The molecule has 0 fully saturated rings. The van der Waals surface area contributed by atoms with Crippen molar-refractivity contribution in [1.82, 2.24) is 4.57 Å². The number of aromatic nitrogens is 1. The average Bonchev–Trinajstić information content (AvgIpc) is 3.63. The Labute approximate surface area is 264 Å². The molecule has 1 aliphatic rings. The summed E-state index contributed by atoms with van der Waals surface area (Å²) in [6, 6.07) is 29.4. The van der Waals surface area contributed by atoms with Gasteiger partial charge < -0.3 is 4.74 Å². The lowest BCUT2D eigenvalue weighted by atomic mass is 9.92.